The largest absolute Gasteiger partial charge is 0.497 e. The number of methoxy groups -OCH3 is 2. The van der Waals surface area contributed by atoms with E-state index in [1.807, 2.05) is 25.1 Å². The molecule has 0 bridgehead atoms. The number of likely N-dealkylation sites (tertiary alicyclic amines) is 1. The third-order valence-corrected chi connectivity index (χ3v) is 3.76. The molecule has 1 aliphatic rings. The number of carbonyl (C=O) groups excluding carboxylic acids is 1. The lowest BCUT2D eigenvalue weighted by atomic mass is 10.1. The van der Waals surface area contributed by atoms with Crippen molar-refractivity contribution in [1.29, 1.82) is 0 Å². The van der Waals surface area contributed by atoms with Crippen LogP contribution in [0.5, 0.6) is 11.5 Å². The number of alkyl halides is 1. The van der Waals surface area contributed by atoms with E-state index in [0.717, 1.165) is 17.1 Å². The van der Waals surface area contributed by atoms with Crippen molar-refractivity contribution >= 4 is 17.5 Å². The molecule has 1 aromatic carbocycles. The molecule has 19 heavy (non-hydrogen) atoms. The number of benzene rings is 1. The van der Waals surface area contributed by atoms with Gasteiger partial charge < -0.3 is 14.4 Å². The predicted octanol–water partition coefficient (Wildman–Crippen LogP) is 2.60. The standard InChI is InChI=1S/C14H18ClNO3/c1-9(16-8-10(15)6-14(16)17)12-7-11(18-2)4-5-13(12)19-3/h4-5,7,9-10H,6,8H2,1-3H3. The molecule has 1 aromatic rings. The second kappa shape index (κ2) is 5.70. The van der Waals surface area contributed by atoms with Gasteiger partial charge in [0.05, 0.1) is 25.6 Å². The van der Waals surface area contributed by atoms with Crippen molar-refractivity contribution in [3.63, 3.8) is 0 Å². The van der Waals surface area contributed by atoms with Gasteiger partial charge in [0.1, 0.15) is 11.5 Å². The highest BCUT2D eigenvalue weighted by molar-refractivity contribution is 6.22. The number of hydrogen-bond acceptors (Lipinski definition) is 3. The second-order valence-corrected chi connectivity index (χ2v) is 5.25. The summed E-state index contributed by atoms with van der Waals surface area (Å²) in [7, 11) is 3.24. The fourth-order valence-electron chi connectivity index (χ4n) is 2.39. The van der Waals surface area contributed by atoms with Crippen LogP contribution in [0.2, 0.25) is 0 Å². The molecule has 0 radical (unpaired) electrons. The molecule has 2 rings (SSSR count). The minimum absolute atomic E-state index is 0.0809. The van der Waals surface area contributed by atoms with Gasteiger partial charge in [-0.2, -0.15) is 0 Å². The van der Waals surface area contributed by atoms with E-state index in [1.165, 1.54) is 0 Å². The monoisotopic (exact) mass is 283 g/mol. The molecule has 2 atom stereocenters. The first-order chi connectivity index (χ1) is 9.06. The molecule has 2 unspecified atom stereocenters. The van der Waals surface area contributed by atoms with Gasteiger partial charge in [0, 0.05) is 18.5 Å². The molecule has 0 N–H and O–H groups in total. The Kier molecular flexibility index (Phi) is 4.20. The van der Waals surface area contributed by atoms with E-state index in [9.17, 15) is 4.79 Å². The molecule has 1 aliphatic heterocycles. The molecule has 1 saturated heterocycles. The maximum absolute atomic E-state index is 11.9. The molecule has 0 aromatic heterocycles. The Bertz CT molecular complexity index is 478. The molecule has 0 saturated carbocycles. The zero-order chi connectivity index (χ0) is 14.0. The summed E-state index contributed by atoms with van der Waals surface area (Å²) < 4.78 is 10.6. The Morgan fingerprint density at radius 3 is 2.63 bits per heavy atom. The molecular weight excluding hydrogens is 266 g/mol. The Hall–Kier alpha value is -1.42. The lowest BCUT2D eigenvalue weighted by Crippen LogP contribution is -2.28. The van der Waals surface area contributed by atoms with Gasteiger partial charge in [-0.15, -0.1) is 11.6 Å². The van der Waals surface area contributed by atoms with Crippen molar-refractivity contribution in [2.24, 2.45) is 0 Å². The zero-order valence-corrected chi connectivity index (χ0v) is 12.1. The minimum Gasteiger partial charge on any atom is -0.497 e. The van der Waals surface area contributed by atoms with Crippen LogP contribution in [0.4, 0.5) is 0 Å². The van der Waals surface area contributed by atoms with E-state index in [0.29, 0.717) is 13.0 Å². The van der Waals surface area contributed by atoms with Crippen molar-refractivity contribution in [1.82, 2.24) is 4.90 Å². The summed E-state index contributed by atoms with van der Waals surface area (Å²) in [6.45, 7) is 2.55. The number of carbonyl (C=O) groups is 1. The first-order valence-electron chi connectivity index (χ1n) is 6.22. The van der Waals surface area contributed by atoms with Gasteiger partial charge in [-0.25, -0.2) is 0 Å². The minimum atomic E-state index is -0.105. The fraction of sp³-hybridized carbons (Fsp3) is 0.500. The molecule has 1 amide bonds. The van der Waals surface area contributed by atoms with Gasteiger partial charge >= 0.3 is 0 Å². The van der Waals surface area contributed by atoms with Crippen molar-refractivity contribution < 1.29 is 14.3 Å². The summed E-state index contributed by atoms with van der Waals surface area (Å²) >= 11 is 6.05. The number of nitrogens with zero attached hydrogens (tertiary/aromatic N) is 1. The summed E-state index contributed by atoms with van der Waals surface area (Å²) in [5.74, 6) is 1.58. The van der Waals surface area contributed by atoms with Crippen LogP contribution in [0.25, 0.3) is 0 Å². The number of rotatable bonds is 4. The van der Waals surface area contributed by atoms with Crippen molar-refractivity contribution in [3.8, 4) is 11.5 Å². The average Bonchev–Trinajstić information content (AvgIpc) is 2.76. The summed E-state index contributed by atoms with van der Waals surface area (Å²) in [4.78, 5) is 13.7. The summed E-state index contributed by atoms with van der Waals surface area (Å²) in [6, 6.07) is 5.51. The summed E-state index contributed by atoms with van der Waals surface area (Å²) in [6.07, 6.45) is 0.401. The van der Waals surface area contributed by atoms with E-state index in [4.69, 9.17) is 21.1 Å². The maximum atomic E-state index is 11.9. The predicted molar refractivity (Wildman–Crippen MR) is 73.9 cm³/mol. The van der Waals surface area contributed by atoms with Crippen LogP contribution in [-0.4, -0.2) is 36.9 Å². The number of ether oxygens (including phenoxy) is 2. The highest BCUT2D eigenvalue weighted by Gasteiger charge is 2.33. The molecule has 0 spiro atoms. The number of amides is 1. The molecule has 1 heterocycles. The molecule has 104 valence electrons. The van der Waals surface area contributed by atoms with Crippen LogP contribution in [0.15, 0.2) is 18.2 Å². The Morgan fingerprint density at radius 2 is 2.11 bits per heavy atom. The highest BCUT2D eigenvalue weighted by atomic mass is 35.5. The SMILES string of the molecule is COc1ccc(OC)c(C(C)N2CC(Cl)CC2=O)c1. The van der Waals surface area contributed by atoms with Crippen LogP contribution < -0.4 is 9.47 Å². The van der Waals surface area contributed by atoms with Gasteiger partial charge in [-0.1, -0.05) is 0 Å². The zero-order valence-electron chi connectivity index (χ0n) is 11.4. The molecule has 4 nitrogen and oxygen atoms in total. The molecule has 1 fully saturated rings. The average molecular weight is 284 g/mol. The summed E-state index contributed by atoms with van der Waals surface area (Å²) in [5, 5.41) is -0.105. The van der Waals surface area contributed by atoms with Crippen molar-refractivity contribution in [3.05, 3.63) is 23.8 Å². The van der Waals surface area contributed by atoms with E-state index in [-0.39, 0.29) is 17.3 Å². The number of halogens is 1. The lowest BCUT2D eigenvalue weighted by molar-refractivity contribution is -0.129. The van der Waals surface area contributed by atoms with Crippen molar-refractivity contribution in [2.75, 3.05) is 20.8 Å². The van der Waals surface area contributed by atoms with Crippen molar-refractivity contribution in [2.45, 2.75) is 24.8 Å². The third-order valence-electron chi connectivity index (χ3n) is 3.47. The van der Waals surface area contributed by atoms with Gasteiger partial charge in [0.15, 0.2) is 0 Å². The quantitative estimate of drug-likeness (QED) is 0.798. The van der Waals surface area contributed by atoms with E-state index in [1.54, 1.807) is 19.1 Å². The lowest BCUT2D eigenvalue weighted by Gasteiger charge is -2.26. The van der Waals surface area contributed by atoms with Crippen LogP contribution in [0.3, 0.4) is 0 Å². The van der Waals surface area contributed by atoms with Gasteiger partial charge in [-0.05, 0) is 25.1 Å². The fourth-order valence-corrected chi connectivity index (χ4v) is 2.68. The van der Waals surface area contributed by atoms with Gasteiger partial charge in [-0.3, -0.25) is 4.79 Å². The molecular formula is C14H18ClNO3. The Balaban J connectivity index is 2.31. The van der Waals surface area contributed by atoms with E-state index in [2.05, 4.69) is 0 Å². The second-order valence-electron chi connectivity index (χ2n) is 4.63. The highest BCUT2D eigenvalue weighted by Crippen LogP contribution is 2.35. The first kappa shape index (κ1) is 14.0. The first-order valence-corrected chi connectivity index (χ1v) is 6.66. The van der Waals surface area contributed by atoms with E-state index < -0.39 is 0 Å². The summed E-state index contributed by atoms with van der Waals surface area (Å²) in [5.41, 5.74) is 0.931. The topological polar surface area (TPSA) is 38.8 Å². The smallest absolute Gasteiger partial charge is 0.224 e. The maximum Gasteiger partial charge on any atom is 0.224 e. The Morgan fingerprint density at radius 1 is 1.37 bits per heavy atom. The number of hydrogen-bond donors (Lipinski definition) is 0. The van der Waals surface area contributed by atoms with Crippen LogP contribution in [0.1, 0.15) is 24.9 Å². The molecule has 5 heteroatoms. The van der Waals surface area contributed by atoms with Gasteiger partial charge in [0.25, 0.3) is 0 Å². The normalized spacial score (nSPS) is 20.5. The third kappa shape index (κ3) is 2.78. The molecule has 0 aliphatic carbocycles. The van der Waals surface area contributed by atoms with Crippen LogP contribution in [0, 0.1) is 0 Å². The van der Waals surface area contributed by atoms with Gasteiger partial charge in [0.2, 0.25) is 5.91 Å². The Labute approximate surface area is 118 Å². The van der Waals surface area contributed by atoms with Crippen LogP contribution in [-0.2, 0) is 4.79 Å². The van der Waals surface area contributed by atoms with Crippen LogP contribution >= 0.6 is 11.6 Å². The van der Waals surface area contributed by atoms with E-state index >= 15 is 0 Å².